The van der Waals surface area contributed by atoms with Gasteiger partial charge in [0.2, 0.25) is 0 Å². The molecule has 0 unspecified atom stereocenters. The molecule has 0 bridgehead atoms. The van der Waals surface area contributed by atoms with Crippen molar-refractivity contribution >= 4 is 5.97 Å². The van der Waals surface area contributed by atoms with Crippen LogP contribution in [0.15, 0.2) is 12.2 Å². The summed E-state index contributed by atoms with van der Waals surface area (Å²) in [7, 11) is 1.29. The zero-order valence-corrected chi connectivity index (χ0v) is 9.99. The maximum Gasteiger partial charge on any atom is 0.384 e. The van der Waals surface area contributed by atoms with E-state index in [2.05, 4.69) is 16.6 Å². The van der Waals surface area contributed by atoms with Crippen LogP contribution in [0.4, 0.5) is 0 Å². The van der Waals surface area contributed by atoms with Gasteiger partial charge in [0.1, 0.15) is 0 Å². The first kappa shape index (κ1) is 14.7. The summed E-state index contributed by atoms with van der Waals surface area (Å²) >= 11 is 0. The van der Waals surface area contributed by atoms with E-state index in [0.29, 0.717) is 19.6 Å². The fraction of sp³-hybridized carbons (Fsp3) is 0.583. The van der Waals surface area contributed by atoms with Crippen LogP contribution in [-0.4, -0.2) is 32.6 Å². The van der Waals surface area contributed by atoms with E-state index >= 15 is 0 Å². The number of methoxy groups -OCH3 is 1. The van der Waals surface area contributed by atoms with E-state index in [9.17, 15) is 4.79 Å². The third-order valence-electron chi connectivity index (χ3n) is 1.59. The van der Waals surface area contributed by atoms with Gasteiger partial charge in [0.05, 0.1) is 7.11 Å². The Bertz CT molecular complexity index is 266. The number of ether oxygens (including phenoxy) is 3. The monoisotopic (exact) mass is 226 g/mol. The zero-order valence-electron chi connectivity index (χ0n) is 9.99. The van der Waals surface area contributed by atoms with E-state index in [4.69, 9.17) is 9.47 Å². The molecule has 0 aromatic carbocycles. The lowest BCUT2D eigenvalue weighted by molar-refractivity contribution is -0.134. The fourth-order valence-electron chi connectivity index (χ4n) is 0.946. The normalized spacial score (nSPS) is 10.2. The highest BCUT2D eigenvalue weighted by molar-refractivity contribution is 5.88. The maximum atomic E-state index is 10.6. The fourth-order valence-corrected chi connectivity index (χ4v) is 0.946. The van der Waals surface area contributed by atoms with E-state index in [0.717, 1.165) is 0 Å². The smallest absolute Gasteiger partial charge is 0.384 e. The SMILES string of the molecule is CCOC(C/C=C/C#CC(=O)OC)OCC. The van der Waals surface area contributed by atoms with Gasteiger partial charge in [-0.25, -0.2) is 4.79 Å². The molecule has 4 nitrogen and oxygen atoms in total. The van der Waals surface area contributed by atoms with Gasteiger partial charge in [-0.15, -0.1) is 0 Å². The zero-order chi connectivity index (χ0) is 12.2. The van der Waals surface area contributed by atoms with Gasteiger partial charge in [-0.1, -0.05) is 12.0 Å². The molecule has 0 spiro atoms. The van der Waals surface area contributed by atoms with Crippen molar-refractivity contribution in [1.29, 1.82) is 0 Å². The van der Waals surface area contributed by atoms with Crippen molar-refractivity contribution in [1.82, 2.24) is 0 Å². The van der Waals surface area contributed by atoms with Crippen molar-refractivity contribution < 1.29 is 19.0 Å². The number of hydrogen-bond donors (Lipinski definition) is 0. The summed E-state index contributed by atoms with van der Waals surface area (Å²) in [6.45, 7) is 5.03. The highest BCUT2D eigenvalue weighted by Crippen LogP contribution is 2.01. The summed E-state index contributed by atoms with van der Waals surface area (Å²) in [5.74, 6) is 4.30. The van der Waals surface area contributed by atoms with Gasteiger partial charge in [0, 0.05) is 25.6 Å². The second kappa shape index (κ2) is 10.2. The standard InChI is InChI=1S/C12H18O4/c1-4-15-12(16-5-2)10-8-6-7-9-11(13)14-3/h6,8,12H,4-5,10H2,1-3H3/b8-6+. The molecule has 4 heteroatoms. The van der Waals surface area contributed by atoms with Crippen LogP contribution in [0.3, 0.4) is 0 Å². The minimum atomic E-state index is -0.546. The lowest BCUT2D eigenvalue weighted by Gasteiger charge is -2.14. The van der Waals surface area contributed by atoms with Crippen LogP contribution in [0.25, 0.3) is 0 Å². The van der Waals surface area contributed by atoms with Crippen molar-refractivity contribution in [3.8, 4) is 11.8 Å². The van der Waals surface area contributed by atoms with Crippen LogP contribution in [0.1, 0.15) is 20.3 Å². The Morgan fingerprint density at radius 2 is 1.94 bits per heavy atom. The summed E-state index contributed by atoms with van der Waals surface area (Å²) in [5.41, 5.74) is 0. The second-order valence-corrected chi connectivity index (χ2v) is 2.74. The van der Waals surface area contributed by atoms with Crippen LogP contribution >= 0.6 is 0 Å². The van der Waals surface area contributed by atoms with E-state index in [-0.39, 0.29) is 6.29 Å². The summed E-state index contributed by atoms with van der Waals surface area (Å²) < 4.78 is 15.0. The van der Waals surface area contributed by atoms with Crippen LogP contribution in [0.2, 0.25) is 0 Å². The minimum Gasteiger partial charge on any atom is -0.459 e. The molecule has 0 fully saturated rings. The first-order valence-electron chi connectivity index (χ1n) is 5.22. The molecular weight excluding hydrogens is 208 g/mol. The number of carbonyl (C=O) groups is 1. The first-order chi connectivity index (χ1) is 7.74. The Kier molecular flexibility index (Phi) is 9.38. The molecule has 0 aromatic rings. The minimum absolute atomic E-state index is 0.244. The molecule has 0 aliphatic rings. The summed E-state index contributed by atoms with van der Waals surface area (Å²) in [6.07, 6.45) is 3.75. The molecular formula is C12H18O4. The van der Waals surface area contributed by atoms with Gasteiger partial charge < -0.3 is 14.2 Å². The highest BCUT2D eigenvalue weighted by atomic mass is 16.7. The molecule has 0 aromatic heterocycles. The molecule has 0 saturated carbocycles. The lowest BCUT2D eigenvalue weighted by atomic mass is 10.3. The average molecular weight is 226 g/mol. The van der Waals surface area contributed by atoms with Crippen molar-refractivity contribution in [3.05, 3.63) is 12.2 Å². The predicted octanol–water partition coefficient (Wildman–Crippen LogP) is 1.51. The van der Waals surface area contributed by atoms with E-state index < -0.39 is 5.97 Å². The third kappa shape index (κ3) is 8.04. The molecule has 0 saturated heterocycles. The van der Waals surface area contributed by atoms with E-state index in [1.807, 2.05) is 13.8 Å². The Labute approximate surface area is 96.6 Å². The number of hydrogen-bond acceptors (Lipinski definition) is 4. The van der Waals surface area contributed by atoms with Crippen LogP contribution in [-0.2, 0) is 19.0 Å². The van der Waals surface area contributed by atoms with Gasteiger partial charge in [0.25, 0.3) is 0 Å². The largest absolute Gasteiger partial charge is 0.459 e. The van der Waals surface area contributed by atoms with Crippen molar-refractivity contribution in [2.24, 2.45) is 0 Å². The van der Waals surface area contributed by atoms with Gasteiger partial charge in [0.15, 0.2) is 6.29 Å². The molecule has 0 heterocycles. The Hall–Kier alpha value is -1.31. The first-order valence-corrected chi connectivity index (χ1v) is 5.22. The average Bonchev–Trinajstić information content (AvgIpc) is 2.28. The Morgan fingerprint density at radius 3 is 2.44 bits per heavy atom. The maximum absolute atomic E-state index is 10.6. The summed E-state index contributed by atoms with van der Waals surface area (Å²) in [5, 5.41) is 0. The number of esters is 1. The van der Waals surface area contributed by atoms with Gasteiger partial charge in [-0.05, 0) is 19.9 Å². The van der Waals surface area contributed by atoms with Gasteiger partial charge >= 0.3 is 5.97 Å². The van der Waals surface area contributed by atoms with Crippen LogP contribution in [0, 0.1) is 11.8 Å². The van der Waals surface area contributed by atoms with Gasteiger partial charge in [-0.3, -0.25) is 0 Å². The molecule has 0 amide bonds. The number of allylic oxidation sites excluding steroid dienone is 1. The molecule has 90 valence electrons. The van der Waals surface area contributed by atoms with E-state index in [1.54, 1.807) is 12.2 Å². The number of carbonyl (C=O) groups excluding carboxylic acids is 1. The summed E-state index contributed by atoms with van der Waals surface area (Å²) in [4.78, 5) is 10.6. The van der Waals surface area contributed by atoms with Crippen molar-refractivity contribution in [2.75, 3.05) is 20.3 Å². The van der Waals surface area contributed by atoms with Crippen LogP contribution in [0.5, 0.6) is 0 Å². The topological polar surface area (TPSA) is 44.8 Å². The molecule has 0 aliphatic carbocycles. The van der Waals surface area contributed by atoms with E-state index in [1.165, 1.54) is 7.11 Å². The highest BCUT2D eigenvalue weighted by Gasteiger charge is 2.03. The molecule has 0 atom stereocenters. The van der Waals surface area contributed by atoms with Crippen LogP contribution < -0.4 is 0 Å². The quantitative estimate of drug-likeness (QED) is 0.298. The third-order valence-corrected chi connectivity index (χ3v) is 1.59. The lowest BCUT2D eigenvalue weighted by Crippen LogP contribution is -2.16. The second-order valence-electron chi connectivity index (χ2n) is 2.74. The van der Waals surface area contributed by atoms with Crippen molar-refractivity contribution in [3.63, 3.8) is 0 Å². The van der Waals surface area contributed by atoms with Crippen molar-refractivity contribution in [2.45, 2.75) is 26.6 Å². The molecule has 0 rings (SSSR count). The molecule has 16 heavy (non-hydrogen) atoms. The molecule has 0 N–H and O–H groups in total. The van der Waals surface area contributed by atoms with Gasteiger partial charge in [-0.2, -0.15) is 0 Å². The molecule has 0 aliphatic heterocycles. The Morgan fingerprint density at radius 1 is 1.31 bits per heavy atom. The molecule has 0 radical (unpaired) electrons. The summed E-state index contributed by atoms with van der Waals surface area (Å²) in [6, 6.07) is 0. The predicted molar refractivity (Wildman–Crippen MR) is 60.6 cm³/mol. The Balaban J connectivity index is 3.93. The number of rotatable bonds is 6.